The van der Waals surface area contributed by atoms with Gasteiger partial charge in [0.2, 0.25) is 12.0 Å². The second kappa shape index (κ2) is 9.63. The maximum absolute atomic E-state index is 8.38. The predicted molar refractivity (Wildman–Crippen MR) is 80.6 cm³/mol. The van der Waals surface area contributed by atoms with Crippen molar-refractivity contribution in [3.05, 3.63) is 29.8 Å². The summed E-state index contributed by atoms with van der Waals surface area (Å²) in [6.07, 6.45) is 1.68. The van der Waals surface area contributed by atoms with Crippen LogP contribution in [0.2, 0.25) is 0 Å². The molecule has 0 aliphatic rings. The van der Waals surface area contributed by atoms with Gasteiger partial charge in [-0.2, -0.15) is 15.1 Å². The van der Waals surface area contributed by atoms with Gasteiger partial charge in [-0.15, -0.1) is 22.0 Å². The van der Waals surface area contributed by atoms with Gasteiger partial charge in [-0.05, 0) is 22.1 Å². The summed E-state index contributed by atoms with van der Waals surface area (Å²) in [5.74, 6) is 1.29. The fraction of sp³-hybridized carbons (Fsp3) is 0.250. The summed E-state index contributed by atoms with van der Waals surface area (Å²) in [5.41, 5.74) is 2.01. The third-order valence-electron chi connectivity index (χ3n) is 2.45. The molecule has 0 atom stereocenters. The molecule has 0 spiro atoms. The Balaban J connectivity index is 0.00000220. The third-order valence-corrected chi connectivity index (χ3v) is 3.71. The Morgan fingerprint density at radius 3 is 2.71 bits per heavy atom. The molecule has 0 saturated carbocycles. The van der Waals surface area contributed by atoms with Crippen molar-refractivity contribution in [1.29, 1.82) is 5.26 Å². The van der Waals surface area contributed by atoms with E-state index in [2.05, 4.69) is 20.4 Å². The molecule has 0 aliphatic heterocycles. The van der Waals surface area contributed by atoms with Crippen molar-refractivity contribution < 1.29 is 51.4 Å². The summed E-state index contributed by atoms with van der Waals surface area (Å²) in [5, 5.41) is 20.5. The minimum Gasteiger partial charge on any atom is -0.752 e. The standard InChI is InChI=1S/C12H12N6S2.K/c1-2-18-16-11(15-17-18)10-5-3-9(4-6-10)7-20-12(19)14-8-13;/h3-6H,2,7H2,1H3,(H,14,19);/q;+1/p-1. The average Bonchev–Trinajstić information content (AvgIpc) is 2.95. The van der Waals surface area contributed by atoms with E-state index < -0.39 is 0 Å². The number of aryl methyl sites for hydroxylation is 1. The van der Waals surface area contributed by atoms with Gasteiger partial charge < -0.3 is 12.6 Å². The second-order valence-electron chi connectivity index (χ2n) is 3.76. The number of rotatable bonds is 4. The summed E-state index contributed by atoms with van der Waals surface area (Å²) in [7, 11) is 0. The van der Waals surface area contributed by atoms with Crippen LogP contribution in [0.4, 0.5) is 0 Å². The van der Waals surface area contributed by atoms with Crippen LogP contribution in [0.15, 0.2) is 29.3 Å². The fourth-order valence-electron chi connectivity index (χ4n) is 1.46. The van der Waals surface area contributed by atoms with Crippen LogP contribution in [-0.4, -0.2) is 24.6 Å². The monoisotopic (exact) mass is 342 g/mol. The summed E-state index contributed by atoms with van der Waals surface area (Å²) in [4.78, 5) is 5.03. The molecule has 1 heterocycles. The van der Waals surface area contributed by atoms with Crippen LogP contribution < -0.4 is 51.4 Å². The minimum absolute atomic E-state index is 0. The van der Waals surface area contributed by atoms with Gasteiger partial charge in [-0.25, -0.2) is 0 Å². The third kappa shape index (κ3) is 5.75. The van der Waals surface area contributed by atoms with E-state index in [1.165, 1.54) is 11.8 Å². The van der Waals surface area contributed by atoms with E-state index in [4.69, 9.17) is 17.9 Å². The van der Waals surface area contributed by atoms with Crippen LogP contribution in [0.3, 0.4) is 0 Å². The molecular weight excluding hydrogens is 331 g/mol. The number of hydrogen-bond donors (Lipinski definition) is 0. The smallest absolute Gasteiger partial charge is 0.752 e. The van der Waals surface area contributed by atoms with Gasteiger partial charge in [0.25, 0.3) is 0 Å². The topological polar surface area (TPSA) is 79.8 Å². The maximum Gasteiger partial charge on any atom is 1.00 e. The van der Waals surface area contributed by atoms with Gasteiger partial charge in [0, 0.05) is 11.3 Å². The molecule has 102 valence electrons. The molecule has 21 heavy (non-hydrogen) atoms. The number of nitriles is 1. The van der Waals surface area contributed by atoms with Crippen molar-refractivity contribution >= 4 is 28.8 Å². The number of hydrogen-bond acceptors (Lipinski definition) is 7. The minimum atomic E-state index is 0. The first-order valence-corrected chi connectivity index (χ1v) is 7.26. The van der Waals surface area contributed by atoms with E-state index in [1.807, 2.05) is 31.2 Å². The molecule has 0 bridgehead atoms. The van der Waals surface area contributed by atoms with Crippen molar-refractivity contribution in [2.45, 2.75) is 19.2 Å². The van der Waals surface area contributed by atoms with Gasteiger partial charge in [0.1, 0.15) is 0 Å². The quantitative estimate of drug-likeness (QED) is 0.233. The zero-order valence-corrected chi connectivity index (χ0v) is 16.5. The molecule has 0 N–H and O–H groups in total. The summed E-state index contributed by atoms with van der Waals surface area (Å²) >= 11 is 6.27. The number of aliphatic imine (C=N–C) groups is 1. The summed E-state index contributed by atoms with van der Waals surface area (Å²) < 4.78 is 0.351. The van der Waals surface area contributed by atoms with Crippen LogP contribution in [0.1, 0.15) is 12.5 Å². The molecule has 0 amide bonds. The summed E-state index contributed by atoms with van der Waals surface area (Å²) in [6, 6.07) is 7.84. The van der Waals surface area contributed by atoms with E-state index in [9.17, 15) is 0 Å². The van der Waals surface area contributed by atoms with Gasteiger partial charge >= 0.3 is 51.4 Å². The first-order valence-electron chi connectivity index (χ1n) is 5.86. The van der Waals surface area contributed by atoms with Crippen LogP contribution in [0, 0.1) is 11.5 Å². The molecule has 0 fully saturated rings. The Morgan fingerprint density at radius 2 is 2.14 bits per heavy atom. The van der Waals surface area contributed by atoms with Crippen LogP contribution in [-0.2, 0) is 24.9 Å². The molecule has 0 unspecified atom stereocenters. The summed E-state index contributed by atoms with van der Waals surface area (Å²) in [6.45, 7) is 2.66. The SMILES string of the molecule is CCn1nnc(-c2ccc(CSC([S-])=NC#N)cc2)n1.[K+]. The Bertz CT molecular complexity index is 647. The van der Waals surface area contributed by atoms with Crippen molar-refractivity contribution in [1.82, 2.24) is 20.2 Å². The van der Waals surface area contributed by atoms with E-state index in [1.54, 1.807) is 11.0 Å². The number of tetrazole rings is 1. The Kier molecular flexibility index (Phi) is 8.58. The Labute approximate surface area is 175 Å². The zero-order chi connectivity index (χ0) is 14.4. The number of benzene rings is 1. The molecule has 0 saturated heterocycles. The average molecular weight is 342 g/mol. The van der Waals surface area contributed by atoms with Gasteiger partial charge in [-0.3, -0.25) is 0 Å². The van der Waals surface area contributed by atoms with Crippen LogP contribution in [0.5, 0.6) is 0 Å². The first-order chi connectivity index (χ1) is 9.72. The largest absolute Gasteiger partial charge is 1.00 e. The molecular formula is C12H11KN6S2. The van der Waals surface area contributed by atoms with Gasteiger partial charge in [0.15, 0.2) is 0 Å². The molecule has 2 aromatic rings. The number of nitrogens with zero attached hydrogens (tertiary/aromatic N) is 6. The van der Waals surface area contributed by atoms with Crippen LogP contribution in [0.25, 0.3) is 11.4 Å². The van der Waals surface area contributed by atoms with Crippen molar-refractivity contribution in [2.24, 2.45) is 4.99 Å². The van der Waals surface area contributed by atoms with Crippen molar-refractivity contribution in [3.63, 3.8) is 0 Å². The molecule has 6 nitrogen and oxygen atoms in total. The van der Waals surface area contributed by atoms with E-state index in [-0.39, 0.29) is 51.4 Å². The van der Waals surface area contributed by atoms with Crippen molar-refractivity contribution in [3.8, 4) is 17.6 Å². The first kappa shape index (κ1) is 18.7. The normalized spacial score (nSPS) is 10.8. The number of aromatic nitrogens is 4. The molecule has 0 aliphatic carbocycles. The second-order valence-corrected chi connectivity index (χ2v) is 5.37. The molecule has 1 aromatic heterocycles. The molecule has 9 heteroatoms. The van der Waals surface area contributed by atoms with E-state index in [0.29, 0.717) is 22.5 Å². The fourth-order valence-corrected chi connectivity index (χ4v) is 2.27. The van der Waals surface area contributed by atoms with Gasteiger partial charge in [-0.1, -0.05) is 24.3 Å². The maximum atomic E-state index is 8.38. The molecule has 0 radical (unpaired) electrons. The molecule has 1 aromatic carbocycles. The van der Waals surface area contributed by atoms with Crippen molar-refractivity contribution in [2.75, 3.05) is 0 Å². The van der Waals surface area contributed by atoms with E-state index >= 15 is 0 Å². The number of thioether (sulfide) groups is 1. The Morgan fingerprint density at radius 1 is 1.43 bits per heavy atom. The predicted octanol–water partition coefficient (Wildman–Crippen LogP) is -1.02. The van der Waals surface area contributed by atoms with E-state index in [0.717, 1.165) is 11.1 Å². The zero-order valence-electron chi connectivity index (χ0n) is 11.7. The van der Waals surface area contributed by atoms with Crippen LogP contribution >= 0.6 is 11.8 Å². The Hall–Kier alpha value is -0.344. The molecule has 2 rings (SSSR count). The van der Waals surface area contributed by atoms with Gasteiger partial charge in [0.05, 0.1) is 6.54 Å².